The number of carbonyl (C=O) groups excluding carboxylic acids is 1. The summed E-state index contributed by atoms with van der Waals surface area (Å²) in [5, 5.41) is 10.1. The lowest BCUT2D eigenvalue weighted by Crippen LogP contribution is -2.14. The number of nitrogens with one attached hydrogen (secondary N) is 1. The van der Waals surface area contributed by atoms with Crippen molar-refractivity contribution >= 4 is 11.9 Å². The lowest BCUT2D eigenvalue weighted by atomic mass is 10.1. The Kier molecular flexibility index (Phi) is 3.51. The van der Waals surface area contributed by atoms with Crippen LogP contribution in [0.3, 0.4) is 0 Å². The van der Waals surface area contributed by atoms with Crippen LogP contribution in [0.4, 0.5) is 6.01 Å². The lowest BCUT2D eigenvalue weighted by Gasteiger charge is -2.01. The first-order chi connectivity index (χ1) is 10.2. The van der Waals surface area contributed by atoms with Crippen LogP contribution in [0.5, 0.6) is 0 Å². The van der Waals surface area contributed by atoms with Crippen molar-refractivity contribution in [1.29, 1.82) is 0 Å². The predicted octanol–water partition coefficient (Wildman–Crippen LogP) is 2.82. The highest BCUT2D eigenvalue weighted by atomic mass is 16.4. The molecule has 0 aliphatic heterocycles. The molecule has 0 atom stereocenters. The topological polar surface area (TPSA) is 81.2 Å². The van der Waals surface area contributed by atoms with Gasteiger partial charge in [-0.15, -0.1) is 5.10 Å². The summed E-state index contributed by atoms with van der Waals surface area (Å²) in [5.74, 6) is 0.473. The van der Waals surface area contributed by atoms with E-state index in [4.69, 9.17) is 8.83 Å². The number of furan rings is 1. The molecular formula is C15H13N3O3. The number of hydrogen-bond acceptors (Lipinski definition) is 5. The summed E-state index contributed by atoms with van der Waals surface area (Å²) in [7, 11) is 0. The summed E-state index contributed by atoms with van der Waals surface area (Å²) in [5.41, 5.74) is 2.07. The van der Waals surface area contributed by atoms with E-state index in [9.17, 15) is 4.79 Å². The van der Waals surface area contributed by atoms with Gasteiger partial charge >= 0.3 is 6.01 Å². The molecule has 0 aliphatic carbocycles. The summed E-state index contributed by atoms with van der Waals surface area (Å²) < 4.78 is 10.4. The number of aryl methyl sites for hydroxylation is 1. The molecule has 6 heteroatoms. The number of hydrogen-bond donors (Lipinski definition) is 1. The van der Waals surface area contributed by atoms with E-state index in [0.717, 1.165) is 11.1 Å². The first-order valence-electron chi connectivity index (χ1n) is 6.43. The van der Waals surface area contributed by atoms with Crippen LogP contribution in [0.15, 0.2) is 51.5 Å². The molecule has 0 saturated carbocycles. The fourth-order valence-electron chi connectivity index (χ4n) is 1.83. The number of amides is 1. The van der Waals surface area contributed by atoms with Crippen LogP contribution in [0, 0.1) is 6.92 Å². The number of anilines is 1. The second kappa shape index (κ2) is 5.62. The van der Waals surface area contributed by atoms with Crippen LogP contribution >= 0.6 is 0 Å². The van der Waals surface area contributed by atoms with Gasteiger partial charge < -0.3 is 8.83 Å². The molecule has 0 spiro atoms. The molecule has 0 radical (unpaired) electrons. The summed E-state index contributed by atoms with van der Waals surface area (Å²) in [6.45, 7) is 2.00. The average molecular weight is 283 g/mol. The molecule has 3 aromatic rings. The highest BCUT2D eigenvalue weighted by Crippen LogP contribution is 2.19. The Bertz CT molecular complexity index is 730. The van der Waals surface area contributed by atoms with Gasteiger partial charge in [0.05, 0.1) is 12.7 Å². The van der Waals surface area contributed by atoms with Gasteiger partial charge in [0, 0.05) is 0 Å². The monoisotopic (exact) mass is 283 g/mol. The van der Waals surface area contributed by atoms with Gasteiger partial charge in [-0.05, 0) is 24.6 Å². The van der Waals surface area contributed by atoms with E-state index in [-0.39, 0.29) is 24.2 Å². The van der Waals surface area contributed by atoms with Gasteiger partial charge in [0.25, 0.3) is 5.89 Å². The highest BCUT2D eigenvalue weighted by Gasteiger charge is 2.13. The molecular weight excluding hydrogens is 270 g/mol. The third-order valence-corrected chi connectivity index (χ3v) is 2.89. The molecule has 0 bridgehead atoms. The van der Waals surface area contributed by atoms with Crippen LogP contribution in [0.2, 0.25) is 0 Å². The van der Waals surface area contributed by atoms with E-state index in [1.807, 2.05) is 31.2 Å². The fraction of sp³-hybridized carbons (Fsp3) is 0.133. The summed E-state index contributed by atoms with van der Waals surface area (Å²) >= 11 is 0. The van der Waals surface area contributed by atoms with Crippen molar-refractivity contribution in [3.8, 4) is 11.7 Å². The number of aromatic nitrogens is 2. The second-order valence-corrected chi connectivity index (χ2v) is 4.60. The van der Waals surface area contributed by atoms with Gasteiger partial charge in [-0.2, -0.15) is 0 Å². The molecule has 1 aromatic carbocycles. The molecule has 6 nitrogen and oxygen atoms in total. The number of benzene rings is 1. The number of nitrogens with zero attached hydrogens (tertiary/aromatic N) is 2. The zero-order valence-electron chi connectivity index (χ0n) is 11.4. The number of rotatable bonds is 4. The van der Waals surface area contributed by atoms with E-state index >= 15 is 0 Å². The largest absolute Gasteiger partial charge is 0.459 e. The van der Waals surface area contributed by atoms with Crippen LogP contribution in [-0.2, 0) is 11.2 Å². The summed E-state index contributed by atoms with van der Waals surface area (Å²) in [6.07, 6.45) is 1.76. The Balaban J connectivity index is 1.64. The number of carbonyl (C=O) groups is 1. The van der Waals surface area contributed by atoms with Gasteiger partial charge in [0.15, 0.2) is 5.76 Å². The molecule has 0 fully saturated rings. The third-order valence-electron chi connectivity index (χ3n) is 2.89. The molecule has 0 unspecified atom stereocenters. The molecule has 21 heavy (non-hydrogen) atoms. The Morgan fingerprint density at radius 1 is 1.19 bits per heavy atom. The smallest absolute Gasteiger partial charge is 0.322 e. The van der Waals surface area contributed by atoms with E-state index in [1.165, 1.54) is 6.26 Å². The Hall–Kier alpha value is -2.89. The van der Waals surface area contributed by atoms with Crippen molar-refractivity contribution in [1.82, 2.24) is 10.2 Å². The van der Waals surface area contributed by atoms with Crippen LogP contribution in [-0.4, -0.2) is 16.1 Å². The molecule has 2 aromatic heterocycles. The quantitative estimate of drug-likeness (QED) is 0.796. The Morgan fingerprint density at radius 3 is 2.71 bits per heavy atom. The summed E-state index contributed by atoms with van der Waals surface area (Å²) in [4.78, 5) is 11.9. The SMILES string of the molecule is Cc1ccc(CC(=O)Nc2nnc(-c3ccco3)o2)cc1. The van der Waals surface area contributed by atoms with Gasteiger partial charge in [0.1, 0.15) is 0 Å². The zero-order valence-corrected chi connectivity index (χ0v) is 11.4. The van der Waals surface area contributed by atoms with Crippen molar-refractivity contribution in [2.45, 2.75) is 13.3 Å². The minimum absolute atomic E-state index is 0.0542. The van der Waals surface area contributed by atoms with Crippen molar-refractivity contribution in [3.05, 3.63) is 53.8 Å². The maximum Gasteiger partial charge on any atom is 0.322 e. The molecule has 1 N–H and O–H groups in total. The molecule has 2 heterocycles. The van der Waals surface area contributed by atoms with E-state index in [1.54, 1.807) is 12.1 Å². The van der Waals surface area contributed by atoms with Crippen molar-refractivity contribution < 1.29 is 13.6 Å². The van der Waals surface area contributed by atoms with E-state index < -0.39 is 0 Å². The molecule has 0 aliphatic rings. The van der Waals surface area contributed by atoms with Crippen molar-refractivity contribution in [2.75, 3.05) is 5.32 Å². The van der Waals surface area contributed by atoms with Crippen molar-refractivity contribution in [3.63, 3.8) is 0 Å². The minimum atomic E-state index is -0.214. The minimum Gasteiger partial charge on any atom is -0.459 e. The standard InChI is InChI=1S/C15H13N3O3/c1-10-4-6-11(7-5-10)9-13(19)16-15-18-17-14(21-15)12-3-2-8-20-12/h2-8H,9H2,1H3,(H,16,18,19). The molecule has 3 rings (SSSR count). The second-order valence-electron chi connectivity index (χ2n) is 4.60. The van der Waals surface area contributed by atoms with Crippen LogP contribution in [0.25, 0.3) is 11.7 Å². The highest BCUT2D eigenvalue weighted by molar-refractivity contribution is 5.90. The first kappa shape index (κ1) is 13.1. The van der Waals surface area contributed by atoms with Gasteiger partial charge in [-0.1, -0.05) is 34.9 Å². The zero-order chi connectivity index (χ0) is 14.7. The maximum absolute atomic E-state index is 11.9. The van der Waals surface area contributed by atoms with Gasteiger partial charge in [0.2, 0.25) is 5.91 Å². The van der Waals surface area contributed by atoms with Crippen LogP contribution in [0.1, 0.15) is 11.1 Å². The van der Waals surface area contributed by atoms with Gasteiger partial charge in [-0.25, -0.2) is 0 Å². The van der Waals surface area contributed by atoms with Crippen molar-refractivity contribution in [2.24, 2.45) is 0 Å². The Morgan fingerprint density at radius 2 is 2.00 bits per heavy atom. The van der Waals surface area contributed by atoms with Crippen LogP contribution < -0.4 is 5.32 Å². The van der Waals surface area contributed by atoms with E-state index in [0.29, 0.717) is 5.76 Å². The fourth-order valence-corrected chi connectivity index (χ4v) is 1.83. The molecule has 106 valence electrons. The first-order valence-corrected chi connectivity index (χ1v) is 6.43. The predicted molar refractivity (Wildman–Crippen MR) is 75.5 cm³/mol. The van der Waals surface area contributed by atoms with E-state index in [2.05, 4.69) is 15.5 Å². The third kappa shape index (κ3) is 3.17. The van der Waals surface area contributed by atoms with Gasteiger partial charge in [-0.3, -0.25) is 10.1 Å². The summed E-state index contributed by atoms with van der Waals surface area (Å²) in [6, 6.07) is 11.2. The maximum atomic E-state index is 11.9. The average Bonchev–Trinajstić information content (AvgIpc) is 3.12. The lowest BCUT2D eigenvalue weighted by molar-refractivity contribution is -0.115. The Labute approximate surface area is 120 Å². The molecule has 1 amide bonds. The molecule has 0 saturated heterocycles. The normalized spacial score (nSPS) is 10.5.